The van der Waals surface area contributed by atoms with E-state index in [4.69, 9.17) is 5.73 Å². The van der Waals surface area contributed by atoms with Crippen LogP contribution in [0.4, 0.5) is 5.69 Å². The van der Waals surface area contributed by atoms with Crippen molar-refractivity contribution in [1.82, 2.24) is 20.1 Å². The Balaban J connectivity index is 1.70. The monoisotopic (exact) mass is 257 g/mol. The smallest absolute Gasteiger partial charge is 0.268 e. The van der Waals surface area contributed by atoms with Crippen LogP contribution in [0.25, 0.3) is 0 Å². The lowest BCUT2D eigenvalue weighted by Crippen LogP contribution is -2.25. The molecule has 1 saturated carbocycles. The zero-order chi connectivity index (χ0) is 13.2. The van der Waals surface area contributed by atoms with Gasteiger partial charge in [0.25, 0.3) is 5.91 Å². The number of carbonyl (C=O) groups excluding carboxylic acids is 1. The molecule has 2 aromatic rings. The maximum absolute atomic E-state index is 12.1. The second kappa shape index (κ2) is 4.72. The lowest BCUT2D eigenvalue weighted by atomic mass is 10.3. The summed E-state index contributed by atoms with van der Waals surface area (Å²) >= 11 is 0. The summed E-state index contributed by atoms with van der Waals surface area (Å²) in [6.45, 7) is 0.364. The van der Waals surface area contributed by atoms with E-state index in [2.05, 4.69) is 15.5 Å². The van der Waals surface area contributed by atoms with Crippen molar-refractivity contribution >= 4 is 11.6 Å². The number of aromatic nitrogens is 3. The number of nitrogens with one attached hydrogen (secondary N) is 1. The molecule has 2 aromatic heterocycles. The van der Waals surface area contributed by atoms with Crippen molar-refractivity contribution in [3.05, 3.63) is 42.0 Å². The van der Waals surface area contributed by atoms with Crippen LogP contribution in [0, 0.1) is 0 Å². The van der Waals surface area contributed by atoms with Gasteiger partial charge in [-0.05, 0) is 31.0 Å². The van der Waals surface area contributed by atoms with Gasteiger partial charge in [-0.15, -0.1) is 0 Å². The fraction of sp³-hybridized carbons (Fsp3) is 0.308. The van der Waals surface area contributed by atoms with Crippen molar-refractivity contribution in [1.29, 1.82) is 0 Å². The molecule has 0 radical (unpaired) electrons. The van der Waals surface area contributed by atoms with Crippen molar-refractivity contribution in [3.63, 3.8) is 0 Å². The third kappa shape index (κ3) is 2.57. The highest BCUT2D eigenvalue weighted by Crippen LogP contribution is 2.37. The molecule has 3 rings (SSSR count). The van der Waals surface area contributed by atoms with Crippen LogP contribution in [-0.2, 0) is 6.54 Å². The Morgan fingerprint density at radius 2 is 2.37 bits per heavy atom. The molecular weight excluding hydrogens is 242 g/mol. The number of anilines is 1. The van der Waals surface area contributed by atoms with Crippen molar-refractivity contribution in [2.45, 2.75) is 25.4 Å². The highest BCUT2D eigenvalue weighted by Gasteiger charge is 2.27. The van der Waals surface area contributed by atoms with E-state index in [0.717, 1.165) is 18.5 Å². The first-order chi connectivity index (χ1) is 9.24. The molecule has 1 amide bonds. The normalized spacial score (nSPS) is 14.3. The van der Waals surface area contributed by atoms with Crippen LogP contribution in [0.2, 0.25) is 0 Å². The van der Waals surface area contributed by atoms with Gasteiger partial charge < -0.3 is 15.6 Å². The molecule has 6 heteroatoms. The fourth-order valence-electron chi connectivity index (χ4n) is 2.03. The Labute approximate surface area is 110 Å². The summed E-state index contributed by atoms with van der Waals surface area (Å²) in [4.78, 5) is 12.1. The largest absolute Gasteiger partial charge is 0.397 e. The Morgan fingerprint density at radius 1 is 1.53 bits per heavy atom. The van der Waals surface area contributed by atoms with Crippen LogP contribution < -0.4 is 11.1 Å². The Morgan fingerprint density at radius 3 is 3.05 bits per heavy atom. The topological polar surface area (TPSA) is 85.8 Å². The summed E-state index contributed by atoms with van der Waals surface area (Å²) in [5.74, 6) is -0.130. The summed E-state index contributed by atoms with van der Waals surface area (Å²) in [6.07, 6.45) is 5.65. The van der Waals surface area contributed by atoms with E-state index in [9.17, 15) is 4.79 Å². The lowest BCUT2D eigenvalue weighted by molar-refractivity contribution is 0.0941. The Bertz CT molecular complexity index is 588. The number of amides is 1. The molecule has 3 N–H and O–H groups in total. The number of nitrogens with two attached hydrogens (primary N) is 1. The quantitative estimate of drug-likeness (QED) is 0.859. The number of hydrogen-bond donors (Lipinski definition) is 2. The van der Waals surface area contributed by atoms with Gasteiger partial charge in [0.1, 0.15) is 5.69 Å². The predicted octanol–water partition coefficient (Wildman–Crippen LogP) is 1.13. The van der Waals surface area contributed by atoms with Crippen LogP contribution in [0.5, 0.6) is 0 Å². The third-order valence-corrected chi connectivity index (χ3v) is 3.10. The van der Waals surface area contributed by atoms with Gasteiger partial charge in [-0.2, -0.15) is 10.2 Å². The van der Waals surface area contributed by atoms with E-state index >= 15 is 0 Å². The van der Waals surface area contributed by atoms with Gasteiger partial charge >= 0.3 is 0 Å². The van der Waals surface area contributed by atoms with E-state index in [0.29, 0.717) is 24.0 Å². The van der Waals surface area contributed by atoms with E-state index in [1.807, 2.05) is 16.8 Å². The fourth-order valence-corrected chi connectivity index (χ4v) is 2.03. The number of nitrogen functional groups attached to an aromatic ring is 1. The molecule has 0 bridgehead atoms. The summed E-state index contributed by atoms with van der Waals surface area (Å²) in [7, 11) is 0. The molecule has 0 saturated heterocycles. The van der Waals surface area contributed by atoms with Gasteiger partial charge in [0, 0.05) is 18.4 Å². The van der Waals surface area contributed by atoms with E-state index in [1.165, 1.54) is 0 Å². The Hall–Kier alpha value is -2.37. The molecule has 0 spiro atoms. The summed E-state index contributed by atoms with van der Waals surface area (Å²) < 4.78 is 1.96. The van der Waals surface area contributed by atoms with Crippen molar-refractivity contribution < 1.29 is 4.79 Å². The second-order valence-electron chi connectivity index (χ2n) is 4.69. The van der Waals surface area contributed by atoms with Crippen molar-refractivity contribution in [2.24, 2.45) is 0 Å². The van der Waals surface area contributed by atoms with Crippen molar-refractivity contribution in [2.75, 3.05) is 5.73 Å². The van der Waals surface area contributed by atoms with Crippen LogP contribution in [0.15, 0.2) is 30.6 Å². The molecule has 1 aliphatic rings. The predicted molar refractivity (Wildman–Crippen MR) is 70.3 cm³/mol. The van der Waals surface area contributed by atoms with Gasteiger partial charge in [-0.1, -0.05) is 0 Å². The zero-order valence-corrected chi connectivity index (χ0v) is 10.4. The van der Waals surface area contributed by atoms with Gasteiger partial charge in [-0.3, -0.25) is 4.79 Å². The number of nitrogens with zero attached hydrogens (tertiary/aromatic N) is 3. The standard InChI is InChI=1S/C13H15N5O/c14-9-6-12(18(8-9)11-3-4-11)13(19)15-7-10-2-1-5-16-17-10/h1-2,5-6,8,11H,3-4,7,14H2,(H,15,19). The molecule has 1 aliphatic carbocycles. The summed E-state index contributed by atoms with van der Waals surface area (Å²) in [5, 5.41) is 10.5. The van der Waals surface area contributed by atoms with Crippen LogP contribution >= 0.6 is 0 Å². The molecular formula is C13H15N5O. The van der Waals surface area contributed by atoms with Gasteiger partial charge in [-0.25, -0.2) is 0 Å². The Kier molecular flexibility index (Phi) is 2.91. The number of hydrogen-bond acceptors (Lipinski definition) is 4. The highest BCUT2D eigenvalue weighted by atomic mass is 16.1. The SMILES string of the molecule is Nc1cc(C(=O)NCc2cccnn2)n(C2CC2)c1. The zero-order valence-electron chi connectivity index (χ0n) is 10.4. The summed E-state index contributed by atoms with van der Waals surface area (Å²) in [6, 6.07) is 5.75. The van der Waals surface area contributed by atoms with Gasteiger partial charge in [0.05, 0.1) is 17.9 Å². The van der Waals surface area contributed by atoms with Crippen LogP contribution in [0.1, 0.15) is 35.1 Å². The third-order valence-electron chi connectivity index (χ3n) is 3.10. The molecule has 98 valence electrons. The second-order valence-corrected chi connectivity index (χ2v) is 4.69. The molecule has 0 aromatic carbocycles. The maximum atomic E-state index is 12.1. The molecule has 6 nitrogen and oxygen atoms in total. The minimum atomic E-state index is -0.130. The molecule has 2 heterocycles. The van der Waals surface area contributed by atoms with Crippen LogP contribution in [-0.4, -0.2) is 20.7 Å². The van der Waals surface area contributed by atoms with Crippen LogP contribution in [0.3, 0.4) is 0 Å². The van der Waals surface area contributed by atoms with E-state index in [-0.39, 0.29) is 5.91 Å². The van der Waals surface area contributed by atoms with E-state index in [1.54, 1.807) is 18.3 Å². The summed E-state index contributed by atoms with van der Waals surface area (Å²) in [5.41, 5.74) is 7.73. The average molecular weight is 257 g/mol. The average Bonchev–Trinajstić information content (AvgIpc) is 3.20. The first kappa shape index (κ1) is 11.7. The lowest BCUT2D eigenvalue weighted by Gasteiger charge is -2.07. The molecule has 1 fully saturated rings. The molecule has 0 atom stereocenters. The highest BCUT2D eigenvalue weighted by molar-refractivity contribution is 5.93. The molecule has 0 unspecified atom stereocenters. The van der Waals surface area contributed by atoms with Gasteiger partial charge in [0.2, 0.25) is 0 Å². The first-order valence-electron chi connectivity index (χ1n) is 6.26. The number of rotatable bonds is 4. The maximum Gasteiger partial charge on any atom is 0.268 e. The first-order valence-corrected chi connectivity index (χ1v) is 6.26. The minimum Gasteiger partial charge on any atom is -0.397 e. The molecule has 19 heavy (non-hydrogen) atoms. The van der Waals surface area contributed by atoms with E-state index < -0.39 is 0 Å². The molecule has 0 aliphatic heterocycles. The van der Waals surface area contributed by atoms with Gasteiger partial charge in [0.15, 0.2) is 0 Å². The van der Waals surface area contributed by atoms with Crippen molar-refractivity contribution in [3.8, 4) is 0 Å². The minimum absolute atomic E-state index is 0.130. The number of carbonyl (C=O) groups is 1.